The largest absolute Gasteiger partial charge is 0.383 e. The number of nitrogens with one attached hydrogen (secondary N) is 1. The fraction of sp³-hybridized carbons (Fsp3) is 0.308. The van der Waals surface area contributed by atoms with Gasteiger partial charge in [0, 0.05) is 30.6 Å². The van der Waals surface area contributed by atoms with Gasteiger partial charge in [0.05, 0.1) is 12.3 Å². The summed E-state index contributed by atoms with van der Waals surface area (Å²) in [7, 11) is 1.67. The quantitative estimate of drug-likeness (QED) is 0.816. The molecule has 1 N–H and O–H groups in total. The third-order valence-corrected chi connectivity index (χ3v) is 3.28. The van der Waals surface area contributed by atoms with E-state index in [9.17, 15) is 4.39 Å². The molecular formula is C13H15FN2OS. The van der Waals surface area contributed by atoms with E-state index in [1.54, 1.807) is 19.2 Å². The van der Waals surface area contributed by atoms with Crippen LogP contribution in [0.4, 0.5) is 4.39 Å². The van der Waals surface area contributed by atoms with E-state index in [-0.39, 0.29) is 5.82 Å². The summed E-state index contributed by atoms with van der Waals surface area (Å²) in [6.07, 6.45) is 0. The van der Waals surface area contributed by atoms with Crippen LogP contribution in [-0.4, -0.2) is 24.6 Å². The highest BCUT2D eigenvalue weighted by Gasteiger charge is 2.08. The fourth-order valence-corrected chi connectivity index (χ4v) is 2.28. The molecule has 0 aliphatic rings. The maximum absolute atomic E-state index is 13.6. The minimum atomic E-state index is -0.235. The van der Waals surface area contributed by atoms with Gasteiger partial charge in [0.15, 0.2) is 0 Å². The van der Waals surface area contributed by atoms with Gasteiger partial charge in [-0.05, 0) is 29.7 Å². The number of benzene rings is 1. The van der Waals surface area contributed by atoms with E-state index >= 15 is 0 Å². The minimum absolute atomic E-state index is 0.235. The van der Waals surface area contributed by atoms with Crippen LogP contribution in [0.2, 0.25) is 0 Å². The van der Waals surface area contributed by atoms with Gasteiger partial charge >= 0.3 is 0 Å². The monoisotopic (exact) mass is 266 g/mol. The van der Waals surface area contributed by atoms with Crippen LogP contribution >= 0.6 is 11.5 Å². The first-order valence-electron chi connectivity index (χ1n) is 5.71. The van der Waals surface area contributed by atoms with Crippen LogP contribution < -0.4 is 5.32 Å². The van der Waals surface area contributed by atoms with Crippen LogP contribution in [0.25, 0.3) is 11.3 Å². The summed E-state index contributed by atoms with van der Waals surface area (Å²) in [6.45, 7) is 2.21. The zero-order valence-electron chi connectivity index (χ0n) is 10.1. The van der Waals surface area contributed by atoms with Crippen molar-refractivity contribution in [3.05, 3.63) is 41.0 Å². The van der Waals surface area contributed by atoms with Gasteiger partial charge < -0.3 is 10.1 Å². The number of hydrogen-bond donors (Lipinski definition) is 1. The van der Waals surface area contributed by atoms with Crippen molar-refractivity contribution >= 4 is 11.5 Å². The third-order valence-electron chi connectivity index (χ3n) is 2.49. The number of ether oxygens (including phenoxy) is 1. The second-order valence-corrected chi connectivity index (χ2v) is 4.72. The summed E-state index contributed by atoms with van der Waals surface area (Å²) in [5.41, 5.74) is 1.25. The normalized spacial score (nSPS) is 10.8. The van der Waals surface area contributed by atoms with Crippen molar-refractivity contribution in [2.45, 2.75) is 6.54 Å². The molecule has 96 valence electrons. The predicted octanol–water partition coefficient (Wildman–Crippen LogP) is 2.69. The fourth-order valence-electron chi connectivity index (χ4n) is 1.58. The van der Waals surface area contributed by atoms with Crippen LogP contribution in [0, 0.1) is 5.82 Å². The standard InChI is InChI=1S/C13H15FN2OS/c1-17-7-6-15-9-10-8-13(16-18-10)11-4-2-3-5-12(11)14/h2-5,8,15H,6-7,9H2,1H3. The van der Waals surface area contributed by atoms with Crippen LogP contribution in [0.5, 0.6) is 0 Å². The molecule has 0 atom stereocenters. The van der Waals surface area contributed by atoms with Gasteiger partial charge in [-0.2, -0.15) is 4.37 Å². The predicted molar refractivity (Wildman–Crippen MR) is 71.1 cm³/mol. The molecule has 2 aromatic rings. The van der Waals surface area contributed by atoms with Gasteiger partial charge in [-0.3, -0.25) is 0 Å². The number of rotatable bonds is 6. The van der Waals surface area contributed by atoms with Gasteiger partial charge in [0.1, 0.15) is 5.82 Å². The van der Waals surface area contributed by atoms with E-state index in [4.69, 9.17) is 4.74 Å². The molecule has 18 heavy (non-hydrogen) atoms. The van der Waals surface area contributed by atoms with E-state index in [0.717, 1.165) is 18.0 Å². The average molecular weight is 266 g/mol. The number of hydrogen-bond acceptors (Lipinski definition) is 4. The van der Waals surface area contributed by atoms with Crippen molar-refractivity contribution in [2.75, 3.05) is 20.3 Å². The van der Waals surface area contributed by atoms with E-state index in [2.05, 4.69) is 9.69 Å². The van der Waals surface area contributed by atoms with E-state index in [0.29, 0.717) is 17.9 Å². The average Bonchev–Trinajstić information content (AvgIpc) is 2.84. The third kappa shape index (κ3) is 3.35. The van der Waals surface area contributed by atoms with Crippen molar-refractivity contribution in [3.8, 4) is 11.3 Å². The molecule has 1 heterocycles. The van der Waals surface area contributed by atoms with Crippen molar-refractivity contribution in [1.29, 1.82) is 0 Å². The van der Waals surface area contributed by atoms with E-state index in [1.165, 1.54) is 17.6 Å². The van der Waals surface area contributed by atoms with Gasteiger partial charge in [-0.15, -0.1) is 0 Å². The Morgan fingerprint density at radius 2 is 2.22 bits per heavy atom. The Balaban J connectivity index is 2.00. The highest BCUT2D eigenvalue weighted by atomic mass is 32.1. The Morgan fingerprint density at radius 1 is 1.39 bits per heavy atom. The summed E-state index contributed by atoms with van der Waals surface area (Å²) >= 11 is 1.39. The first kappa shape index (κ1) is 13.1. The maximum Gasteiger partial charge on any atom is 0.132 e. The van der Waals surface area contributed by atoms with Crippen molar-refractivity contribution in [2.24, 2.45) is 0 Å². The number of methoxy groups -OCH3 is 1. The first-order valence-corrected chi connectivity index (χ1v) is 6.48. The first-order chi connectivity index (χ1) is 8.81. The molecule has 0 radical (unpaired) electrons. The molecule has 2 rings (SSSR count). The van der Waals surface area contributed by atoms with Gasteiger partial charge in [-0.1, -0.05) is 12.1 Å². The van der Waals surface area contributed by atoms with Gasteiger partial charge in [0.2, 0.25) is 0 Å². The summed E-state index contributed by atoms with van der Waals surface area (Å²) in [5, 5.41) is 3.23. The SMILES string of the molecule is COCCNCc1cc(-c2ccccc2F)ns1. The number of nitrogens with zero attached hydrogens (tertiary/aromatic N) is 1. The molecule has 1 aromatic heterocycles. The molecule has 5 heteroatoms. The molecule has 0 fully saturated rings. The van der Waals surface area contributed by atoms with Crippen LogP contribution in [0.3, 0.4) is 0 Å². The summed E-state index contributed by atoms with van der Waals surface area (Å²) in [6, 6.07) is 8.60. The highest BCUT2D eigenvalue weighted by molar-refractivity contribution is 7.06. The van der Waals surface area contributed by atoms with E-state index < -0.39 is 0 Å². The number of aromatic nitrogens is 1. The lowest BCUT2D eigenvalue weighted by atomic mass is 10.1. The maximum atomic E-state index is 13.6. The lowest BCUT2D eigenvalue weighted by Crippen LogP contribution is -2.17. The molecule has 0 saturated carbocycles. The van der Waals surface area contributed by atoms with Crippen molar-refractivity contribution in [3.63, 3.8) is 0 Å². The molecule has 0 aliphatic carbocycles. The second-order valence-electron chi connectivity index (χ2n) is 3.83. The number of halogens is 1. The lowest BCUT2D eigenvalue weighted by Gasteiger charge is -2.00. The van der Waals surface area contributed by atoms with Gasteiger partial charge in [-0.25, -0.2) is 4.39 Å². The Kier molecular flexibility index (Phi) is 4.81. The lowest BCUT2D eigenvalue weighted by molar-refractivity contribution is 0.199. The van der Waals surface area contributed by atoms with Crippen LogP contribution in [0.1, 0.15) is 4.88 Å². The minimum Gasteiger partial charge on any atom is -0.383 e. The Hall–Kier alpha value is -1.30. The molecule has 3 nitrogen and oxygen atoms in total. The van der Waals surface area contributed by atoms with Crippen LogP contribution in [0.15, 0.2) is 30.3 Å². The zero-order chi connectivity index (χ0) is 12.8. The Labute approximate surface area is 110 Å². The molecule has 0 bridgehead atoms. The summed E-state index contributed by atoms with van der Waals surface area (Å²) in [5.74, 6) is -0.235. The molecular weight excluding hydrogens is 251 g/mol. The smallest absolute Gasteiger partial charge is 0.132 e. The molecule has 1 aromatic carbocycles. The summed E-state index contributed by atoms with van der Waals surface area (Å²) in [4.78, 5) is 1.09. The molecule has 0 saturated heterocycles. The molecule has 0 unspecified atom stereocenters. The Morgan fingerprint density at radius 3 is 3.00 bits per heavy atom. The van der Waals surface area contributed by atoms with Crippen molar-refractivity contribution < 1.29 is 9.13 Å². The van der Waals surface area contributed by atoms with Crippen molar-refractivity contribution in [1.82, 2.24) is 9.69 Å². The highest BCUT2D eigenvalue weighted by Crippen LogP contribution is 2.24. The molecule has 0 spiro atoms. The second kappa shape index (κ2) is 6.58. The topological polar surface area (TPSA) is 34.1 Å². The zero-order valence-corrected chi connectivity index (χ0v) is 11.0. The van der Waals surface area contributed by atoms with E-state index in [1.807, 2.05) is 12.1 Å². The van der Waals surface area contributed by atoms with Crippen LogP contribution in [-0.2, 0) is 11.3 Å². The van der Waals surface area contributed by atoms with Gasteiger partial charge in [0.25, 0.3) is 0 Å². The Bertz CT molecular complexity index is 501. The summed E-state index contributed by atoms with van der Waals surface area (Å²) < 4.78 is 22.8. The molecule has 0 amide bonds. The molecule has 0 aliphatic heterocycles.